The number of nitrogens with zero attached hydrogens (tertiary/aromatic N) is 1. The van der Waals surface area contributed by atoms with E-state index >= 15 is 0 Å². The maximum absolute atomic E-state index is 6.13. The Balaban J connectivity index is 1.83. The molecule has 0 spiro atoms. The molecule has 0 radical (unpaired) electrons. The number of anilines is 1. The maximum atomic E-state index is 6.13. The van der Waals surface area contributed by atoms with Crippen molar-refractivity contribution >= 4 is 17.0 Å². The molecule has 2 aliphatic heterocycles. The van der Waals surface area contributed by atoms with Gasteiger partial charge < -0.3 is 15.0 Å². The molecule has 4 rings (SSSR count). The monoisotopic (exact) mass is 286 g/mol. The molecule has 1 atom stereocenters. The van der Waals surface area contributed by atoms with E-state index in [1.807, 2.05) is 0 Å². The molecule has 4 heteroatoms. The maximum Gasteiger partial charge on any atom is 0.151 e. The van der Waals surface area contributed by atoms with Crippen LogP contribution in [0.25, 0.3) is 10.4 Å². The lowest BCUT2D eigenvalue weighted by molar-refractivity contribution is 0.305. The summed E-state index contributed by atoms with van der Waals surface area (Å²) in [4.78, 5) is 3.81. The van der Waals surface area contributed by atoms with E-state index in [-0.39, 0.29) is 0 Å². The molecule has 3 heterocycles. The minimum atomic E-state index is 0.559. The molecule has 20 heavy (non-hydrogen) atoms. The highest BCUT2D eigenvalue weighted by Gasteiger charge is 2.28. The van der Waals surface area contributed by atoms with Crippen LogP contribution in [0.1, 0.15) is 6.42 Å². The Hall–Kier alpha value is -1.52. The van der Waals surface area contributed by atoms with Crippen molar-refractivity contribution in [3.63, 3.8) is 0 Å². The van der Waals surface area contributed by atoms with Crippen molar-refractivity contribution in [3.8, 4) is 16.2 Å². The highest BCUT2D eigenvalue weighted by Crippen LogP contribution is 2.42. The molecule has 2 aliphatic rings. The second-order valence-electron chi connectivity index (χ2n) is 5.32. The number of ether oxygens (including phenoxy) is 1. The van der Waals surface area contributed by atoms with Crippen LogP contribution in [0, 0.1) is 0 Å². The number of nitrogens with one attached hydrogen (secondary N) is 1. The van der Waals surface area contributed by atoms with Gasteiger partial charge in [-0.1, -0.05) is 12.1 Å². The number of rotatable bonds is 1. The van der Waals surface area contributed by atoms with Crippen molar-refractivity contribution in [2.24, 2.45) is 0 Å². The smallest absolute Gasteiger partial charge is 0.151 e. The number of fused-ring (bicyclic) bond motifs is 3. The van der Waals surface area contributed by atoms with Crippen LogP contribution in [-0.2, 0) is 0 Å². The van der Waals surface area contributed by atoms with Crippen LogP contribution in [0.5, 0.6) is 5.75 Å². The van der Waals surface area contributed by atoms with Gasteiger partial charge in [-0.15, -0.1) is 11.3 Å². The fraction of sp³-hybridized carbons (Fsp3) is 0.375. The summed E-state index contributed by atoms with van der Waals surface area (Å²) in [6.07, 6.45) is 1.09. The molecule has 104 valence electrons. The highest BCUT2D eigenvalue weighted by atomic mass is 32.1. The van der Waals surface area contributed by atoms with Crippen LogP contribution in [0.15, 0.2) is 35.7 Å². The van der Waals surface area contributed by atoms with Gasteiger partial charge in [0.2, 0.25) is 0 Å². The van der Waals surface area contributed by atoms with E-state index < -0.39 is 0 Å². The first kappa shape index (κ1) is 12.2. The lowest BCUT2D eigenvalue weighted by Gasteiger charge is -2.36. The lowest BCUT2D eigenvalue weighted by Crippen LogP contribution is -2.51. The molecule has 0 saturated carbocycles. The van der Waals surface area contributed by atoms with Gasteiger partial charge in [0.05, 0.1) is 12.3 Å². The first-order valence-corrected chi connectivity index (χ1v) is 8.08. The zero-order chi connectivity index (χ0) is 13.4. The van der Waals surface area contributed by atoms with Gasteiger partial charge in [-0.3, -0.25) is 0 Å². The van der Waals surface area contributed by atoms with Crippen molar-refractivity contribution in [2.45, 2.75) is 12.5 Å². The summed E-state index contributed by atoms with van der Waals surface area (Å²) in [7, 11) is 0. The molecule has 0 bridgehead atoms. The van der Waals surface area contributed by atoms with Crippen LogP contribution in [0.2, 0.25) is 0 Å². The van der Waals surface area contributed by atoms with Crippen LogP contribution >= 0.6 is 11.3 Å². The normalized spacial score (nSPS) is 21.6. The van der Waals surface area contributed by atoms with Crippen molar-refractivity contribution in [2.75, 3.05) is 31.1 Å². The Morgan fingerprint density at radius 2 is 2.25 bits per heavy atom. The average molecular weight is 286 g/mol. The number of piperazine rings is 1. The quantitative estimate of drug-likeness (QED) is 0.872. The van der Waals surface area contributed by atoms with Crippen LogP contribution < -0.4 is 15.0 Å². The molecule has 0 aliphatic carbocycles. The molecular weight excluding hydrogens is 268 g/mol. The first-order chi connectivity index (χ1) is 9.93. The molecule has 0 amide bonds. The Morgan fingerprint density at radius 3 is 3.15 bits per heavy atom. The standard InChI is InChI=1S/C16H18N2OS/c1-3-13(15-5-2-10-20-15)16-14(4-1)18-8-7-17-11-12(18)6-9-19-16/h1-5,10,12,17H,6-9,11H2/t12-/m0/s1. The summed E-state index contributed by atoms with van der Waals surface area (Å²) in [5, 5.41) is 5.61. The summed E-state index contributed by atoms with van der Waals surface area (Å²) >= 11 is 1.77. The SMILES string of the molecule is c1csc(-c2cccc3c2OCC[C@H]2CNCCN32)c1. The number of benzene rings is 1. The molecular formula is C16H18N2OS. The molecule has 1 aromatic heterocycles. The van der Waals surface area contributed by atoms with E-state index in [1.165, 1.54) is 16.1 Å². The third-order valence-electron chi connectivity index (χ3n) is 4.14. The number of hydrogen-bond donors (Lipinski definition) is 1. The number of para-hydroxylation sites is 1. The second kappa shape index (κ2) is 5.11. The van der Waals surface area contributed by atoms with Gasteiger partial charge in [0.1, 0.15) is 0 Å². The Labute approximate surface area is 123 Å². The summed E-state index contributed by atoms with van der Waals surface area (Å²) in [5.74, 6) is 1.07. The minimum absolute atomic E-state index is 0.559. The summed E-state index contributed by atoms with van der Waals surface area (Å²) in [5.41, 5.74) is 2.50. The Morgan fingerprint density at radius 1 is 1.25 bits per heavy atom. The third kappa shape index (κ3) is 2.00. The molecule has 0 unspecified atom stereocenters. The Bertz CT molecular complexity index is 597. The van der Waals surface area contributed by atoms with E-state index in [4.69, 9.17) is 4.74 Å². The third-order valence-corrected chi connectivity index (χ3v) is 5.04. The fourth-order valence-corrected chi connectivity index (χ4v) is 3.91. The molecule has 1 saturated heterocycles. The Kier molecular flexibility index (Phi) is 3.13. The molecule has 2 aromatic rings. The predicted octanol–water partition coefficient (Wildman–Crippen LogP) is 2.98. The topological polar surface area (TPSA) is 24.5 Å². The van der Waals surface area contributed by atoms with Crippen LogP contribution in [0.4, 0.5) is 5.69 Å². The second-order valence-corrected chi connectivity index (χ2v) is 6.27. The molecule has 1 N–H and O–H groups in total. The van der Waals surface area contributed by atoms with Crippen LogP contribution in [0.3, 0.4) is 0 Å². The highest BCUT2D eigenvalue weighted by molar-refractivity contribution is 7.13. The van der Waals surface area contributed by atoms with Crippen molar-refractivity contribution in [1.29, 1.82) is 0 Å². The van der Waals surface area contributed by atoms with Gasteiger partial charge in [-0.25, -0.2) is 0 Å². The molecule has 1 aromatic carbocycles. The van der Waals surface area contributed by atoms with E-state index in [2.05, 4.69) is 45.9 Å². The largest absolute Gasteiger partial charge is 0.491 e. The summed E-state index contributed by atoms with van der Waals surface area (Å²) < 4.78 is 6.13. The van der Waals surface area contributed by atoms with E-state index in [0.717, 1.165) is 38.4 Å². The van der Waals surface area contributed by atoms with Crippen molar-refractivity contribution in [1.82, 2.24) is 5.32 Å². The number of hydrogen-bond acceptors (Lipinski definition) is 4. The molecule has 1 fully saturated rings. The van der Waals surface area contributed by atoms with Gasteiger partial charge in [0.25, 0.3) is 0 Å². The zero-order valence-corrected chi connectivity index (χ0v) is 12.2. The van der Waals surface area contributed by atoms with Crippen LogP contribution in [-0.4, -0.2) is 32.3 Å². The number of thiophene rings is 1. The van der Waals surface area contributed by atoms with Gasteiger partial charge in [0.15, 0.2) is 5.75 Å². The van der Waals surface area contributed by atoms with Gasteiger partial charge in [-0.2, -0.15) is 0 Å². The van der Waals surface area contributed by atoms with E-state index in [9.17, 15) is 0 Å². The summed E-state index contributed by atoms with van der Waals surface area (Å²) in [6.45, 7) is 3.98. The van der Waals surface area contributed by atoms with Crippen molar-refractivity contribution < 1.29 is 4.74 Å². The van der Waals surface area contributed by atoms with E-state index in [1.54, 1.807) is 11.3 Å². The average Bonchev–Trinajstić information content (AvgIpc) is 2.95. The zero-order valence-electron chi connectivity index (χ0n) is 11.3. The predicted molar refractivity (Wildman–Crippen MR) is 83.9 cm³/mol. The van der Waals surface area contributed by atoms with Gasteiger partial charge in [0, 0.05) is 42.5 Å². The van der Waals surface area contributed by atoms with Crippen molar-refractivity contribution in [3.05, 3.63) is 35.7 Å². The fourth-order valence-electron chi connectivity index (χ4n) is 3.16. The van der Waals surface area contributed by atoms with E-state index in [0.29, 0.717) is 6.04 Å². The van der Waals surface area contributed by atoms with Gasteiger partial charge in [-0.05, 0) is 23.6 Å². The first-order valence-electron chi connectivity index (χ1n) is 7.20. The molecule has 3 nitrogen and oxygen atoms in total. The lowest BCUT2D eigenvalue weighted by atomic mass is 10.1. The minimum Gasteiger partial charge on any atom is -0.491 e. The van der Waals surface area contributed by atoms with Gasteiger partial charge >= 0.3 is 0 Å². The summed E-state index contributed by atoms with van der Waals surface area (Å²) in [6, 6.07) is 11.4.